The molecule has 1 unspecified atom stereocenters. The number of anilines is 2. The summed E-state index contributed by atoms with van der Waals surface area (Å²) in [6.07, 6.45) is 0. The van der Waals surface area contributed by atoms with Crippen LogP contribution < -0.4 is 15.4 Å². The highest BCUT2D eigenvalue weighted by Crippen LogP contribution is 2.37. The van der Waals surface area contributed by atoms with Crippen LogP contribution in [0, 0.1) is 5.82 Å². The van der Waals surface area contributed by atoms with E-state index in [1.165, 1.54) is 23.9 Å². The van der Waals surface area contributed by atoms with Gasteiger partial charge in [-0.05, 0) is 66.6 Å². The van der Waals surface area contributed by atoms with Gasteiger partial charge in [0, 0.05) is 22.2 Å². The first-order valence-electron chi connectivity index (χ1n) is 11.4. The molecule has 2 heterocycles. The maximum atomic E-state index is 14.3. The number of halogens is 2. The summed E-state index contributed by atoms with van der Waals surface area (Å²) in [7, 11) is 1.58. The van der Waals surface area contributed by atoms with E-state index in [0.717, 1.165) is 5.56 Å². The van der Waals surface area contributed by atoms with Crippen LogP contribution in [-0.4, -0.2) is 27.8 Å². The minimum atomic E-state index is -0.682. The monoisotopic (exact) mass is 535 g/mol. The summed E-state index contributed by atoms with van der Waals surface area (Å²) in [5.41, 5.74) is 3.23. The van der Waals surface area contributed by atoms with E-state index in [4.69, 9.17) is 21.4 Å². The maximum Gasteiger partial charge on any atom is 0.255 e. The molecule has 0 spiro atoms. The summed E-state index contributed by atoms with van der Waals surface area (Å²) in [6, 6.07) is 20.1. The topological polar surface area (TPSA) is 81.1 Å². The van der Waals surface area contributed by atoms with Crippen molar-refractivity contribution >= 4 is 40.9 Å². The van der Waals surface area contributed by atoms with Crippen molar-refractivity contribution in [2.75, 3.05) is 17.7 Å². The number of aromatic nitrogens is 3. The fourth-order valence-corrected chi connectivity index (χ4v) is 5.10. The number of hydrogen-bond acceptors (Lipinski definition) is 6. The van der Waals surface area contributed by atoms with Crippen molar-refractivity contribution in [3.8, 4) is 5.75 Å². The molecule has 0 fully saturated rings. The van der Waals surface area contributed by atoms with Crippen LogP contribution in [0.2, 0.25) is 5.02 Å². The van der Waals surface area contributed by atoms with Gasteiger partial charge in [-0.3, -0.25) is 4.79 Å². The van der Waals surface area contributed by atoms with Gasteiger partial charge in [0.25, 0.3) is 5.91 Å². The first kappa shape index (κ1) is 24.9. The molecule has 7 nitrogen and oxygen atoms in total. The van der Waals surface area contributed by atoms with Crippen molar-refractivity contribution in [1.29, 1.82) is 0 Å². The van der Waals surface area contributed by atoms with E-state index in [2.05, 4.69) is 15.6 Å². The van der Waals surface area contributed by atoms with Gasteiger partial charge in [-0.1, -0.05) is 47.6 Å². The third kappa shape index (κ3) is 5.47. The fraction of sp³-hybridized carbons (Fsp3) is 0.148. The Morgan fingerprint density at radius 3 is 2.68 bits per heavy atom. The second-order valence-corrected chi connectivity index (χ2v) is 9.76. The summed E-state index contributed by atoms with van der Waals surface area (Å²) in [5.74, 6) is 1.03. The lowest BCUT2D eigenvalue weighted by Crippen LogP contribution is -2.31. The van der Waals surface area contributed by atoms with E-state index in [1.807, 2.05) is 24.3 Å². The molecule has 10 heteroatoms. The predicted molar refractivity (Wildman–Crippen MR) is 144 cm³/mol. The average molecular weight is 536 g/mol. The van der Waals surface area contributed by atoms with Crippen LogP contribution >= 0.6 is 23.4 Å². The molecule has 1 atom stereocenters. The fourth-order valence-electron chi connectivity index (χ4n) is 4.12. The van der Waals surface area contributed by atoms with Crippen LogP contribution in [0.5, 0.6) is 5.75 Å². The second-order valence-electron chi connectivity index (χ2n) is 8.38. The first-order chi connectivity index (χ1) is 17.9. The van der Waals surface area contributed by atoms with Crippen LogP contribution in [0.3, 0.4) is 0 Å². The Morgan fingerprint density at radius 1 is 1.16 bits per heavy atom. The van der Waals surface area contributed by atoms with Gasteiger partial charge < -0.3 is 15.4 Å². The molecular formula is C27H23ClFN5O2S. The van der Waals surface area contributed by atoms with E-state index in [1.54, 1.807) is 55.1 Å². The van der Waals surface area contributed by atoms with Gasteiger partial charge in [-0.2, -0.15) is 4.98 Å². The molecule has 4 aromatic rings. The summed E-state index contributed by atoms with van der Waals surface area (Å²) < 4.78 is 21.1. The maximum absolute atomic E-state index is 14.3. The van der Waals surface area contributed by atoms with Crippen molar-refractivity contribution < 1.29 is 13.9 Å². The van der Waals surface area contributed by atoms with Gasteiger partial charge in [0.05, 0.1) is 12.7 Å². The van der Waals surface area contributed by atoms with Gasteiger partial charge in [-0.15, -0.1) is 5.10 Å². The Balaban J connectivity index is 1.47. The highest BCUT2D eigenvalue weighted by molar-refractivity contribution is 7.98. The van der Waals surface area contributed by atoms with E-state index < -0.39 is 11.9 Å². The average Bonchev–Trinajstić information content (AvgIpc) is 3.29. The Bertz CT molecular complexity index is 1490. The molecule has 0 saturated heterocycles. The lowest BCUT2D eigenvalue weighted by molar-refractivity contribution is -0.113. The molecule has 0 radical (unpaired) electrons. The van der Waals surface area contributed by atoms with Gasteiger partial charge in [0.15, 0.2) is 0 Å². The number of nitrogens with zero attached hydrogens (tertiary/aromatic N) is 3. The van der Waals surface area contributed by atoms with Crippen LogP contribution in [0.4, 0.5) is 16.0 Å². The Kier molecular flexibility index (Phi) is 7.16. The minimum Gasteiger partial charge on any atom is -0.497 e. The quantitative estimate of drug-likeness (QED) is 0.270. The summed E-state index contributed by atoms with van der Waals surface area (Å²) in [6.45, 7) is 1.80. The molecule has 3 aromatic carbocycles. The van der Waals surface area contributed by atoms with E-state index >= 15 is 0 Å². The van der Waals surface area contributed by atoms with Crippen molar-refractivity contribution in [1.82, 2.24) is 14.8 Å². The number of amides is 1. The Labute approximate surface area is 222 Å². The molecule has 37 heavy (non-hydrogen) atoms. The zero-order valence-electron chi connectivity index (χ0n) is 20.0. The van der Waals surface area contributed by atoms with Crippen LogP contribution in [-0.2, 0) is 10.5 Å². The number of nitrogens with one attached hydrogen (secondary N) is 2. The zero-order valence-corrected chi connectivity index (χ0v) is 21.6. The number of carbonyl (C=O) groups excluding carboxylic acids is 1. The number of methoxy groups -OCH3 is 1. The van der Waals surface area contributed by atoms with Crippen LogP contribution in [0.15, 0.2) is 89.2 Å². The summed E-state index contributed by atoms with van der Waals surface area (Å²) in [4.78, 5) is 18.2. The Hall–Kier alpha value is -3.82. The number of carbonyl (C=O) groups is 1. The normalized spacial score (nSPS) is 14.6. The largest absolute Gasteiger partial charge is 0.497 e. The van der Waals surface area contributed by atoms with Gasteiger partial charge in [0.1, 0.15) is 17.6 Å². The zero-order chi connectivity index (χ0) is 25.9. The molecule has 2 N–H and O–H groups in total. The molecular weight excluding hydrogens is 513 g/mol. The smallest absolute Gasteiger partial charge is 0.255 e. The number of allylic oxidation sites excluding steroid dienone is 1. The van der Waals surface area contributed by atoms with Crippen molar-refractivity contribution in [2.24, 2.45) is 0 Å². The van der Waals surface area contributed by atoms with Crippen molar-refractivity contribution in [3.05, 3.63) is 106 Å². The van der Waals surface area contributed by atoms with Crippen LogP contribution in [0.1, 0.15) is 24.1 Å². The molecule has 1 aromatic heterocycles. The Morgan fingerprint density at radius 2 is 1.95 bits per heavy atom. The van der Waals surface area contributed by atoms with Crippen molar-refractivity contribution in [2.45, 2.75) is 23.9 Å². The lowest BCUT2D eigenvalue weighted by Gasteiger charge is -2.28. The number of rotatable bonds is 7. The highest BCUT2D eigenvalue weighted by atomic mass is 35.5. The van der Waals surface area contributed by atoms with Crippen LogP contribution in [0.25, 0.3) is 0 Å². The molecule has 0 bridgehead atoms. The highest BCUT2D eigenvalue weighted by Gasteiger charge is 2.34. The lowest BCUT2D eigenvalue weighted by atomic mass is 9.95. The molecule has 1 aliphatic heterocycles. The molecule has 1 amide bonds. The van der Waals surface area contributed by atoms with Gasteiger partial charge in [0.2, 0.25) is 11.1 Å². The van der Waals surface area contributed by atoms with E-state index in [0.29, 0.717) is 50.2 Å². The standard InChI is InChI=1S/C27H23ClFN5O2S/c1-16-23(25(35)31-21-9-11-22(36-2)12-10-21)24(18-6-4-8-20(29)14-18)34-26(30-16)32-27(33-34)37-15-17-5-3-7-19(28)13-17/h3-14,24H,15H2,1-2H3,(H,31,35)(H,30,32,33). The number of ether oxygens (including phenoxy) is 1. The minimum absolute atomic E-state index is 0.335. The third-order valence-electron chi connectivity index (χ3n) is 5.85. The number of thioether (sulfide) groups is 1. The second kappa shape index (κ2) is 10.7. The number of fused-ring (bicyclic) bond motifs is 1. The predicted octanol–water partition coefficient (Wildman–Crippen LogP) is 6.30. The molecule has 0 saturated carbocycles. The molecule has 0 aliphatic carbocycles. The molecule has 1 aliphatic rings. The number of benzene rings is 3. The van der Waals surface area contributed by atoms with Gasteiger partial charge in [-0.25, -0.2) is 9.07 Å². The molecule has 5 rings (SSSR count). The first-order valence-corrected chi connectivity index (χ1v) is 12.8. The van der Waals surface area contributed by atoms with E-state index in [9.17, 15) is 9.18 Å². The van der Waals surface area contributed by atoms with E-state index in [-0.39, 0.29) is 5.91 Å². The molecule has 188 valence electrons. The summed E-state index contributed by atoms with van der Waals surface area (Å²) in [5, 5.41) is 12.0. The summed E-state index contributed by atoms with van der Waals surface area (Å²) >= 11 is 7.56. The number of hydrogen-bond donors (Lipinski definition) is 2. The third-order valence-corrected chi connectivity index (χ3v) is 6.99. The van der Waals surface area contributed by atoms with Crippen molar-refractivity contribution in [3.63, 3.8) is 0 Å². The van der Waals surface area contributed by atoms with Gasteiger partial charge >= 0.3 is 0 Å². The SMILES string of the molecule is COc1ccc(NC(=O)C2=C(C)Nc3nc(SCc4cccc(Cl)c4)nn3C2c2cccc(F)c2)cc1.